The quantitative estimate of drug-likeness (QED) is 0.290. The first-order valence-corrected chi connectivity index (χ1v) is 12.8. The summed E-state index contributed by atoms with van der Waals surface area (Å²) in [6.07, 6.45) is 1.80. The molecule has 0 radical (unpaired) electrons. The summed E-state index contributed by atoms with van der Waals surface area (Å²) in [6, 6.07) is 16.0. The van der Waals surface area contributed by atoms with E-state index >= 15 is 0 Å². The summed E-state index contributed by atoms with van der Waals surface area (Å²) in [7, 11) is -4.17. The second kappa shape index (κ2) is 10.3. The fourth-order valence-corrected chi connectivity index (χ4v) is 4.62. The average Bonchev–Trinajstić information content (AvgIpc) is 3.66. The first-order valence-electron chi connectivity index (χ1n) is 11.0. The lowest BCUT2D eigenvalue weighted by molar-refractivity contribution is -0.120. The maximum absolute atomic E-state index is 14.4. The van der Waals surface area contributed by atoms with Gasteiger partial charge in [0.25, 0.3) is 16.0 Å². The molecule has 1 saturated carbocycles. The molecule has 9 heteroatoms. The third-order valence-electron chi connectivity index (χ3n) is 5.70. The number of nitrogens with zero attached hydrogens (tertiary/aromatic N) is 1. The number of anilines is 1. The second-order valence-electron chi connectivity index (χ2n) is 8.45. The van der Waals surface area contributed by atoms with E-state index in [9.17, 15) is 22.4 Å². The zero-order valence-electron chi connectivity index (χ0n) is 18.9. The van der Waals surface area contributed by atoms with Gasteiger partial charge in [0.1, 0.15) is 12.4 Å². The number of amides is 1. The number of hydrogen-bond acceptors (Lipinski definition) is 5. The lowest BCUT2D eigenvalue weighted by Gasteiger charge is -2.25. The summed E-state index contributed by atoms with van der Waals surface area (Å²) >= 11 is 6.14. The number of hydrogen-bond donors (Lipinski definition) is 0. The van der Waals surface area contributed by atoms with Crippen LogP contribution in [0.5, 0.6) is 0 Å². The van der Waals surface area contributed by atoms with Crippen LogP contribution in [-0.2, 0) is 19.1 Å². The van der Waals surface area contributed by atoms with Gasteiger partial charge < -0.3 is 4.90 Å². The molecular weight excluding hydrogens is 493 g/mol. The van der Waals surface area contributed by atoms with Gasteiger partial charge in [-0.25, -0.2) is 4.39 Å². The van der Waals surface area contributed by atoms with E-state index in [2.05, 4.69) is 0 Å². The van der Waals surface area contributed by atoms with Crippen LogP contribution in [-0.4, -0.2) is 33.3 Å². The van der Waals surface area contributed by atoms with Crippen molar-refractivity contribution in [3.8, 4) is 0 Å². The Hall–Kier alpha value is -3.07. The van der Waals surface area contributed by atoms with E-state index in [0.29, 0.717) is 0 Å². The number of benzene rings is 3. The number of aryl methyl sites for hydroxylation is 1. The molecule has 3 aromatic rings. The highest BCUT2D eigenvalue weighted by Gasteiger charge is 2.31. The lowest BCUT2D eigenvalue weighted by Crippen LogP contribution is -2.37. The fourth-order valence-electron chi connectivity index (χ4n) is 3.59. The van der Waals surface area contributed by atoms with Gasteiger partial charge >= 0.3 is 0 Å². The highest BCUT2D eigenvalue weighted by Crippen LogP contribution is 2.34. The zero-order chi connectivity index (χ0) is 25.2. The van der Waals surface area contributed by atoms with E-state index < -0.39 is 34.2 Å². The normalized spacial score (nSPS) is 13.5. The van der Waals surface area contributed by atoms with E-state index in [0.717, 1.165) is 18.4 Å². The van der Waals surface area contributed by atoms with Crippen LogP contribution >= 0.6 is 11.6 Å². The molecule has 1 aliphatic carbocycles. The second-order valence-corrected chi connectivity index (χ2v) is 10.5. The molecule has 0 heterocycles. The Bertz CT molecular complexity index is 1370. The number of carbonyl (C=O) groups is 2. The van der Waals surface area contributed by atoms with Gasteiger partial charge in [0.05, 0.1) is 16.1 Å². The van der Waals surface area contributed by atoms with Crippen molar-refractivity contribution >= 4 is 39.1 Å². The summed E-state index contributed by atoms with van der Waals surface area (Å²) < 4.78 is 44.6. The standard InChI is InChI=1S/C26H23ClFNO5S/c1-17-6-11-20(12-7-17)35(32,33)34-16-25(30)29(15-18-8-9-18)24-13-10-19(27)14-22(24)26(31)21-4-2-3-5-23(21)28/h2-7,10-14,18H,8-9,15-16H2,1H3. The third kappa shape index (κ3) is 5.96. The van der Waals surface area contributed by atoms with Gasteiger partial charge in [-0.1, -0.05) is 41.4 Å². The van der Waals surface area contributed by atoms with Crippen LogP contribution < -0.4 is 4.90 Å². The summed E-state index contributed by atoms with van der Waals surface area (Å²) in [5.41, 5.74) is 0.979. The first-order chi connectivity index (χ1) is 16.7. The minimum absolute atomic E-state index is 0.0398. The van der Waals surface area contributed by atoms with Gasteiger partial charge in [-0.15, -0.1) is 0 Å². The van der Waals surface area contributed by atoms with Gasteiger partial charge in [-0.3, -0.25) is 13.8 Å². The van der Waals surface area contributed by atoms with Crippen LogP contribution in [0.15, 0.2) is 71.6 Å². The summed E-state index contributed by atoms with van der Waals surface area (Å²) in [4.78, 5) is 27.7. The van der Waals surface area contributed by atoms with E-state index in [1.807, 2.05) is 6.92 Å². The van der Waals surface area contributed by atoms with Crippen molar-refractivity contribution in [1.82, 2.24) is 0 Å². The smallest absolute Gasteiger partial charge is 0.297 e. The molecule has 6 nitrogen and oxygen atoms in total. The van der Waals surface area contributed by atoms with E-state index in [1.54, 1.807) is 12.1 Å². The molecule has 4 rings (SSSR count). The van der Waals surface area contributed by atoms with E-state index in [-0.39, 0.29) is 39.2 Å². The van der Waals surface area contributed by atoms with Crippen molar-refractivity contribution in [2.75, 3.05) is 18.1 Å². The predicted molar refractivity (Wildman–Crippen MR) is 131 cm³/mol. The van der Waals surface area contributed by atoms with E-state index in [1.165, 1.54) is 59.5 Å². The Labute approximate surface area is 208 Å². The molecule has 1 fully saturated rings. The number of ketones is 1. The molecule has 35 heavy (non-hydrogen) atoms. The molecule has 0 unspecified atom stereocenters. The highest BCUT2D eigenvalue weighted by atomic mass is 35.5. The Balaban J connectivity index is 1.63. The van der Waals surface area contributed by atoms with Gasteiger partial charge in [0.2, 0.25) is 0 Å². The molecule has 0 spiro atoms. The van der Waals surface area contributed by atoms with E-state index in [4.69, 9.17) is 15.8 Å². The molecular formula is C26H23ClFNO5S. The molecule has 0 aliphatic heterocycles. The minimum Gasteiger partial charge on any atom is -0.309 e. The van der Waals surface area contributed by atoms with Gasteiger partial charge in [0, 0.05) is 17.1 Å². The minimum atomic E-state index is -4.17. The Morgan fingerprint density at radius 1 is 1.03 bits per heavy atom. The SMILES string of the molecule is Cc1ccc(S(=O)(=O)OCC(=O)N(CC2CC2)c2ccc(Cl)cc2C(=O)c2ccccc2F)cc1. The van der Waals surface area contributed by atoms with Crippen molar-refractivity contribution in [1.29, 1.82) is 0 Å². The van der Waals surface area contributed by atoms with Crippen LogP contribution in [0.25, 0.3) is 0 Å². The fraction of sp³-hybridized carbons (Fsp3) is 0.231. The molecule has 0 atom stereocenters. The van der Waals surface area contributed by atoms with Gasteiger partial charge in [-0.05, 0) is 68.1 Å². The van der Waals surface area contributed by atoms with Crippen LogP contribution in [0.1, 0.15) is 34.3 Å². The first kappa shape index (κ1) is 25.0. The van der Waals surface area contributed by atoms with Gasteiger partial charge in [0.15, 0.2) is 5.78 Å². The Morgan fingerprint density at radius 2 is 1.71 bits per heavy atom. The summed E-state index contributed by atoms with van der Waals surface area (Å²) in [5, 5.41) is 0.241. The zero-order valence-corrected chi connectivity index (χ0v) is 20.5. The topological polar surface area (TPSA) is 80.8 Å². The molecule has 0 aromatic heterocycles. The van der Waals surface area contributed by atoms with Gasteiger partial charge in [-0.2, -0.15) is 8.42 Å². The van der Waals surface area contributed by atoms with Crippen molar-refractivity contribution in [3.05, 3.63) is 94.3 Å². The van der Waals surface area contributed by atoms with Crippen molar-refractivity contribution < 1.29 is 26.6 Å². The van der Waals surface area contributed by atoms with Crippen LogP contribution in [0.4, 0.5) is 10.1 Å². The molecule has 182 valence electrons. The maximum Gasteiger partial charge on any atom is 0.297 e. The third-order valence-corrected chi connectivity index (χ3v) is 7.21. The highest BCUT2D eigenvalue weighted by molar-refractivity contribution is 7.86. The van der Waals surface area contributed by atoms with Crippen molar-refractivity contribution in [2.24, 2.45) is 5.92 Å². The Kier molecular flexibility index (Phi) is 7.35. The monoisotopic (exact) mass is 515 g/mol. The molecule has 3 aromatic carbocycles. The molecule has 0 bridgehead atoms. The summed E-state index contributed by atoms with van der Waals surface area (Å²) in [6.45, 7) is 1.34. The number of rotatable bonds is 9. The molecule has 1 amide bonds. The predicted octanol–water partition coefficient (Wildman–Crippen LogP) is 5.17. The maximum atomic E-state index is 14.4. The lowest BCUT2D eigenvalue weighted by atomic mass is 10.00. The van der Waals surface area contributed by atoms with Crippen molar-refractivity contribution in [2.45, 2.75) is 24.7 Å². The van der Waals surface area contributed by atoms with Crippen LogP contribution in [0.3, 0.4) is 0 Å². The van der Waals surface area contributed by atoms with Crippen molar-refractivity contribution in [3.63, 3.8) is 0 Å². The largest absolute Gasteiger partial charge is 0.309 e. The number of carbonyl (C=O) groups excluding carboxylic acids is 2. The van der Waals surface area contributed by atoms with Crippen LogP contribution in [0, 0.1) is 18.7 Å². The van der Waals surface area contributed by atoms with Crippen LogP contribution in [0.2, 0.25) is 5.02 Å². The average molecular weight is 516 g/mol. The molecule has 1 aliphatic rings. The number of halogens is 2. The molecule has 0 N–H and O–H groups in total. The summed E-state index contributed by atoms with van der Waals surface area (Å²) in [5.74, 6) is -1.77. The Morgan fingerprint density at radius 3 is 2.37 bits per heavy atom. The molecule has 0 saturated heterocycles.